The molecule has 0 aromatic carbocycles. The lowest BCUT2D eigenvalue weighted by Crippen LogP contribution is -2.46. The van der Waals surface area contributed by atoms with Crippen LogP contribution >= 0.6 is 0 Å². The van der Waals surface area contributed by atoms with Crippen LogP contribution in [0.5, 0.6) is 0 Å². The van der Waals surface area contributed by atoms with E-state index in [9.17, 15) is 4.39 Å². The fourth-order valence-corrected chi connectivity index (χ4v) is 3.13. The highest BCUT2D eigenvalue weighted by molar-refractivity contribution is 5.60. The summed E-state index contributed by atoms with van der Waals surface area (Å²) >= 11 is 0. The monoisotopic (exact) mass is 326 g/mol. The van der Waals surface area contributed by atoms with Gasteiger partial charge in [-0.25, -0.2) is 14.4 Å². The van der Waals surface area contributed by atoms with Crippen LogP contribution in [-0.2, 0) is 0 Å². The number of hydrogen-bond acceptors (Lipinski definition) is 5. The molecule has 0 bridgehead atoms. The number of anilines is 1. The van der Waals surface area contributed by atoms with Crippen molar-refractivity contribution in [1.29, 1.82) is 0 Å². The second-order valence-electron chi connectivity index (χ2n) is 6.14. The Balaban J connectivity index is 1.65. The van der Waals surface area contributed by atoms with Crippen molar-refractivity contribution in [2.45, 2.75) is 31.8 Å². The van der Waals surface area contributed by atoms with Crippen LogP contribution < -0.4 is 10.6 Å². The predicted octanol–water partition coefficient (Wildman–Crippen LogP) is 2.48. The normalized spacial score (nSPS) is 21.1. The Hall–Kier alpha value is -2.54. The summed E-state index contributed by atoms with van der Waals surface area (Å²) in [5.41, 5.74) is 2.06. The van der Waals surface area contributed by atoms with Gasteiger partial charge in [0.2, 0.25) is 0 Å². The maximum atomic E-state index is 13.5. The van der Waals surface area contributed by atoms with E-state index in [2.05, 4.69) is 32.5 Å². The number of pyridine rings is 1. The van der Waals surface area contributed by atoms with Gasteiger partial charge in [0.05, 0.1) is 24.3 Å². The molecule has 0 unspecified atom stereocenters. The summed E-state index contributed by atoms with van der Waals surface area (Å²) in [6.07, 6.45) is 8.72. The van der Waals surface area contributed by atoms with E-state index in [0.717, 1.165) is 30.9 Å². The molecule has 124 valence electrons. The third-order valence-electron chi connectivity index (χ3n) is 4.46. The first kappa shape index (κ1) is 15.0. The number of piperidine rings is 1. The van der Waals surface area contributed by atoms with Crippen LogP contribution in [0.25, 0.3) is 17.0 Å². The first-order valence-electron chi connectivity index (χ1n) is 8.16. The topological polar surface area (TPSA) is 67.1 Å². The van der Waals surface area contributed by atoms with Crippen molar-refractivity contribution in [2.75, 3.05) is 11.9 Å². The summed E-state index contributed by atoms with van der Waals surface area (Å²) in [7, 11) is 0. The van der Waals surface area contributed by atoms with Crippen molar-refractivity contribution in [3.63, 3.8) is 0 Å². The summed E-state index contributed by atoms with van der Waals surface area (Å²) < 4.78 is 15.2. The summed E-state index contributed by atoms with van der Waals surface area (Å²) in [6.45, 7) is 3.22. The lowest BCUT2D eigenvalue weighted by atomic mass is 10.00. The molecule has 0 spiro atoms. The number of fused-ring (bicyclic) bond motifs is 1. The highest BCUT2D eigenvalue weighted by Gasteiger charge is 2.21. The molecule has 4 heterocycles. The molecule has 6 nitrogen and oxygen atoms in total. The van der Waals surface area contributed by atoms with Crippen molar-refractivity contribution in [3.05, 3.63) is 42.7 Å². The number of nitrogens with zero attached hydrogens (tertiary/aromatic N) is 4. The zero-order chi connectivity index (χ0) is 16.5. The fourth-order valence-electron chi connectivity index (χ4n) is 3.13. The molecular weight excluding hydrogens is 307 g/mol. The van der Waals surface area contributed by atoms with Crippen LogP contribution in [0.4, 0.5) is 10.2 Å². The van der Waals surface area contributed by atoms with Crippen LogP contribution in [0.2, 0.25) is 0 Å². The van der Waals surface area contributed by atoms with E-state index in [1.165, 1.54) is 12.3 Å². The van der Waals surface area contributed by atoms with Crippen molar-refractivity contribution >= 4 is 11.5 Å². The number of halogens is 1. The van der Waals surface area contributed by atoms with E-state index in [-0.39, 0.29) is 5.82 Å². The molecule has 7 heteroatoms. The fraction of sp³-hybridized carbons (Fsp3) is 0.353. The Kier molecular flexibility index (Phi) is 3.86. The number of aromatic nitrogens is 4. The number of nitrogens with one attached hydrogen (secondary N) is 2. The van der Waals surface area contributed by atoms with Crippen LogP contribution in [0.15, 0.2) is 36.9 Å². The van der Waals surface area contributed by atoms with E-state index in [4.69, 9.17) is 0 Å². The third kappa shape index (κ3) is 2.82. The molecule has 0 saturated carbocycles. The standard InChI is InChI=1S/C17H19FN6/c1-11-13(3-2-6-20-11)22-16-9-19-7-14(23-16)15-8-21-17-5-4-12(18)10-24(15)17/h4-5,7-11,13,20H,2-3,6H2,1H3,(H,22,23)/t11-,13+/m1/s1. The molecule has 3 aromatic heterocycles. The number of imidazole rings is 1. The van der Waals surface area contributed by atoms with Gasteiger partial charge in [-0.05, 0) is 38.4 Å². The van der Waals surface area contributed by atoms with E-state index in [0.29, 0.717) is 23.4 Å². The minimum atomic E-state index is -0.314. The van der Waals surface area contributed by atoms with E-state index < -0.39 is 0 Å². The van der Waals surface area contributed by atoms with E-state index in [1.807, 2.05) is 0 Å². The summed E-state index contributed by atoms with van der Waals surface area (Å²) in [6, 6.07) is 3.74. The highest BCUT2D eigenvalue weighted by Crippen LogP contribution is 2.21. The summed E-state index contributed by atoms with van der Waals surface area (Å²) in [5.74, 6) is 0.408. The Morgan fingerprint density at radius 2 is 2.21 bits per heavy atom. The van der Waals surface area contributed by atoms with Crippen LogP contribution in [0, 0.1) is 5.82 Å². The zero-order valence-corrected chi connectivity index (χ0v) is 13.4. The molecular formula is C17H19FN6. The minimum Gasteiger partial charge on any atom is -0.364 e. The molecule has 1 fully saturated rings. The largest absolute Gasteiger partial charge is 0.364 e. The van der Waals surface area contributed by atoms with Crippen molar-refractivity contribution in [2.24, 2.45) is 0 Å². The Morgan fingerprint density at radius 1 is 1.29 bits per heavy atom. The van der Waals surface area contributed by atoms with Gasteiger partial charge < -0.3 is 10.6 Å². The minimum absolute atomic E-state index is 0.314. The average molecular weight is 326 g/mol. The molecule has 0 aliphatic carbocycles. The smallest absolute Gasteiger partial charge is 0.145 e. The first-order valence-corrected chi connectivity index (χ1v) is 8.16. The molecule has 0 amide bonds. The van der Waals surface area contributed by atoms with Gasteiger partial charge >= 0.3 is 0 Å². The Labute approximate surface area is 139 Å². The Bertz CT molecular complexity index is 861. The maximum absolute atomic E-state index is 13.5. The predicted molar refractivity (Wildman–Crippen MR) is 90.3 cm³/mol. The van der Waals surface area contributed by atoms with Gasteiger partial charge in [0.25, 0.3) is 0 Å². The van der Waals surface area contributed by atoms with Gasteiger partial charge in [0.1, 0.15) is 23.0 Å². The van der Waals surface area contributed by atoms with Crippen molar-refractivity contribution < 1.29 is 4.39 Å². The maximum Gasteiger partial charge on any atom is 0.145 e. The molecule has 1 saturated heterocycles. The molecule has 2 atom stereocenters. The number of rotatable bonds is 3. The molecule has 1 aliphatic heterocycles. The summed E-state index contributed by atoms with van der Waals surface area (Å²) in [4.78, 5) is 13.2. The average Bonchev–Trinajstić information content (AvgIpc) is 3.00. The second-order valence-corrected chi connectivity index (χ2v) is 6.14. The van der Waals surface area contributed by atoms with Gasteiger partial charge in [-0.2, -0.15) is 0 Å². The SMILES string of the molecule is C[C@H]1NCCC[C@@H]1Nc1cncc(-c2cnc3ccc(F)cn23)n1. The molecule has 2 N–H and O–H groups in total. The molecule has 4 rings (SSSR count). The Morgan fingerprint density at radius 3 is 3.08 bits per heavy atom. The van der Waals surface area contributed by atoms with Gasteiger partial charge in [-0.1, -0.05) is 0 Å². The van der Waals surface area contributed by atoms with Gasteiger partial charge in [-0.15, -0.1) is 0 Å². The van der Waals surface area contributed by atoms with Crippen LogP contribution in [-0.4, -0.2) is 38.0 Å². The molecule has 0 radical (unpaired) electrons. The second kappa shape index (κ2) is 6.16. The van der Waals surface area contributed by atoms with Crippen LogP contribution in [0.3, 0.4) is 0 Å². The lowest BCUT2D eigenvalue weighted by molar-refractivity contribution is 0.388. The summed E-state index contributed by atoms with van der Waals surface area (Å²) in [5, 5.41) is 6.91. The van der Waals surface area contributed by atoms with Crippen molar-refractivity contribution in [3.8, 4) is 11.4 Å². The third-order valence-corrected chi connectivity index (χ3v) is 4.46. The molecule has 3 aromatic rings. The highest BCUT2D eigenvalue weighted by atomic mass is 19.1. The van der Waals surface area contributed by atoms with E-state index in [1.54, 1.807) is 29.1 Å². The van der Waals surface area contributed by atoms with Gasteiger partial charge in [0.15, 0.2) is 0 Å². The molecule has 24 heavy (non-hydrogen) atoms. The number of hydrogen-bond donors (Lipinski definition) is 2. The first-order chi connectivity index (χ1) is 11.7. The lowest BCUT2D eigenvalue weighted by Gasteiger charge is -2.30. The van der Waals surface area contributed by atoms with Crippen LogP contribution in [0.1, 0.15) is 19.8 Å². The van der Waals surface area contributed by atoms with E-state index >= 15 is 0 Å². The molecule has 1 aliphatic rings. The van der Waals surface area contributed by atoms with Gasteiger partial charge in [0, 0.05) is 18.3 Å². The zero-order valence-electron chi connectivity index (χ0n) is 13.4. The van der Waals surface area contributed by atoms with Crippen molar-refractivity contribution in [1.82, 2.24) is 24.7 Å². The van der Waals surface area contributed by atoms with Gasteiger partial charge in [-0.3, -0.25) is 9.38 Å². The quantitative estimate of drug-likeness (QED) is 0.774.